The fourth-order valence-electron chi connectivity index (χ4n) is 4.85. The van der Waals surface area contributed by atoms with Gasteiger partial charge in [-0.25, -0.2) is 0 Å². The number of nitrogens with zero attached hydrogens (tertiary/aromatic N) is 6. The Labute approximate surface area is 271 Å². The summed E-state index contributed by atoms with van der Waals surface area (Å²) < 4.78 is 101. The number of phenols is 1. The van der Waals surface area contributed by atoms with Crippen LogP contribution in [0.1, 0.15) is 22.3 Å². The molecule has 6 N–H and O–H groups in total. The number of nitrogen functional groups attached to an aromatic ring is 1. The van der Waals surface area contributed by atoms with Gasteiger partial charge in [0.15, 0.2) is 5.75 Å². The third kappa shape index (κ3) is 6.61. The van der Waals surface area contributed by atoms with E-state index in [1.54, 1.807) is 0 Å². The van der Waals surface area contributed by atoms with E-state index in [9.17, 15) is 49.3 Å². The molecule has 0 atom stereocenters. The highest BCUT2D eigenvalue weighted by Crippen LogP contribution is 2.44. The maximum Gasteiger partial charge on any atom is 0.296 e. The van der Waals surface area contributed by atoms with E-state index in [0.29, 0.717) is 5.56 Å². The minimum Gasteiger partial charge on any atom is -0.505 e. The van der Waals surface area contributed by atoms with Gasteiger partial charge in [0.05, 0.1) is 38.8 Å². The highest BCUT2D eigenvalue weighted by molar-refractivity contribution is 7.89. The lowest BCUT2D eigenvalue weighted by Crippen LogP contribution is -2.11. The van der Waals surface area contributed by atoms with Crippen LogP contribution >= 0.6 is 0 Å². The van der Waals surface area contributed by atoms with Gasteiger partial charge in [-0.15, -0.1) is 5.11 Å². The van der Waals surface area contributed by atoms with Crippen molar-refractivity contribution in [3.8, 4) is 17.9 Å². The molecule has 0 aliphatic heterocycles. The zero-order chi connectivity index (χ0) is 35.2. The van der Waals surface area contributed by atoms with E-state index in [2.05, 4.69) is 20.5 Å². The van der Waals surface area contributed by atoms with Crippen LogP contribution < -0.4 is 5.73 Å². The van der Waals surface area contributed by atoms with E-state index in [4.69, 9.17) is 11.0 Å². The topological polar surface area (TPSA) is 306 Å². The lowest BCUT2D eigenvalue weighted by molar-refractivity contribution is 0.472. The summed E-state index contributed by atoms with van der Waals surface area (Å²) in [6.07, 6.45) is 0.737. The summed E-state index contributed by atoms with van der Waals surface area (Å²) >= 11 is 0. The number of hydrogen-bond donors (Lipinski definition) is 5. The molecule has 244 valence electrons. The molecule has 0 bridgehead atoms. The Balaban J connectivity index is 1.66. The third-order valence-electron chi connectivity index (χ3n) is 7.11. The molecule has 0 spiro atoms. The zero-order valence-corrected chi connectivity index (χ0v) is 26.3. The molecule has 0 aromatic heterocycles. The second-order valence-electron chi connectivity index (χ2n) is 10.1. The highest BCUT2D eigenvalue weighted by Gasteiger charge is 2.27. The van der Waals surface area contributed by atoms with E-state index in [0.717, 1.165) is 18.2 Å². The lowest BCUT2D eigenvalue weighted by Gasteiger charge is -2.18. The summed E-state index contributed by atoms with van der Waals surface area (Å²) in [5.41, 5.74) is 5.53. The predicted octanol–water partition coefficient (Wildman–Crippen LogP) is 5.07. The fraction of sp³-hybridized carbons (Fsp3) is 0.0714. The van der Waals surface area contributed by atoms with Gasteiger partial charge in [0.2, 0.25) is 0 Å². The number of nitrogens with two attached hydrogens (primary N) is 1. The Kier molecular flexibility index (Phi) is 8.58. The smallest absolute Gasteiger partial charge is 0.296 e. The fourth-order valence-corrected chi connectivity index (χ4v) is 6.76. The normalized spacial score (nSPS) is 13.7. The summed E-state index contributed by atoms with van der Waals surface area (Å²) in [5, 5.41) is 45.1. The van der Waals surface area contributed by atoms with Crippen LogP contribution in [-0.2, 0) is 43.2 Å². The first-order chi connectivity index (χ1) is 22.4. The quantitative estimate of drug-likeness (QED) is 0.0952. The number of aromatic hydroxyl groups is 1. The molecule has 0 saturated carbocycles. The van der Waals surface area contributed by atoms with Gasteiger partial charge in [-0.05, 0) is 71.5 Å². The number of nitriles is 2. The van der Waals surface area contributed by atoms with E-state index >= 15 is 0 Å². The molecule has 4 aromatic carbocycles. The number of rotatable bonds is 7. The van der Waals surface area contributed by atoms with Gasteiger partial charge in [-0.3, -0.25) is 13.7 Å². The van der Waals surface area contributed by atoms with E-state index in [1.165, 1.54) is 36.4 Å². The van der Waals surface area contributed by atoms with Crippen molar-refractivity contribution in [2.75, 3.05) is 5.73 Å². The van der Waals surface area contributed by atoms with Gasteiger partial charge >= 0.3 is 0 Å². The van der Waals surface area contributed by atoms with E-state index in [1.807, 2.05) is 12.1 Å². The van der Waals surface area contributed by atoms with Crippen molar-refractivity contribution in [2.45, 2.75) is 22.6 Å². The molecule has 0 fully saturated rings. The van der Waals surface area contributed by atoms with Crippen LogP contribution in [0.2, 0.25) is 0 Å². The molecule has 48 heavy (non-hydrogen) atoms. The molecule has 17 nitrogen and oxygen atoms in total. The first kappa shape index (κ1) is 33.7. The van der Waals surface area contributed by atoms with Gasteiger partial charge in [0.1, 0.15) is 27.6 Å². The molecule has 4 aromatic rings. The molecule has 5 rings (SSSR count). The number of anilines is 1. The van der Waals surface area contributed by atoms with Crippen LogP contribution in [0.15, 0.2) is 89.8 Å². The summed E-state index contributed by atoms with van der Waals surface area (Å²) in [5.74, 6) is -0.894. The predicted molar refractivity (Wildman–Crippen MR) is 167 cm³/mol. The number of azo groups is 2. The largest absolute Gasteiger partial charge is 0.505 e. The minimum absolute atomic E-state index is 0.0645. The van der Waals surface area contributed by atoms with Crippen LogP contribution in [0.3, 0.4) is 0 Å². The lowest BCUT2D eigenvalue weighted by atomic mass is 9.93. The van der Waals surface area contributed by atoms with Gasteiger partial charge in [0.25, 0.3) is 30.4 Å². The summed E-state index contributed by atoms with van der Waals surface area (Å²) in [6.45, 7) is 0. The Morgan fingerprint density at radius 1 is 0.708 bits per heavy atom. The minimum atomic E-state index is -5.15. The van der Waals surface area contributed by atoms with Crippen molar-refractivity contribution in [1.29, 1.82) is 10.5 Å². The van der Waals surface area contributed by atoms with Crippen molar-refractivity contribution < 1.29 is 44.0 Å². The van der Waals surface area contributed by atoms with Crippen LogP contribution in [0.25, 0.3) is 10.8 Å². The van der Waals surface area contributed by atoms with E-state index in [-0.39, 0.29) is 55.9 Å². The zero-order valence-electron chi connectivity index (χ0n) is 23.8. The van der Waals surface area contributed by atoms with Crippen molar-refractivity contribution in [2.24, 2.45) is 20.5 Å². The Hall–Kier alpha value is -5.61. The molecule has 0 saturated heterocycles. The summed E-state index contributed by atoms with van der Waals surface area (Å²) in [4.78, 5) is -2.18. The Morgan fingerprint density at radius 3 is 1.92 bits per heavy atom. The second-order valence-corrected chi connectivity index (χ2v) is 14.3. The van der Waals surface area contributed by atoms with Crippen molar-refractivity contribution in [3.05, 3.63) is 81.8 Å². The standard InChI is InChI=1S/C28H19N7O10S3/c29-12-14-1-2-17(7-16(14)13-30)32-33-23-5-6-24(21-10-18(46(37,38)39)3-4-19(21)23)34-35-27-26(48(43,44)45)9-15-8-25(47(40,41)42)22(31)11-20(15)28(27)36/h1-3,5-9,11,36H,4,10,31H2,(H,37,38,39)(H,40,41,42)(H,43,44,45). The molecule has 0 radical (unpaired) electrons. The van der Waals surface area contributed by atoms with Gasteiger partial charge < -0.3 is 10.8 Å². The Morgan fingerprint density at radius 2 is 1.31 bits per heavy atom. The third-order valence-corrected chi connectivity index (χ3v) is 9.86. The molecule has 0 heterocycles. The highest BCUT2D eigenvalue weighted by atomic mass is 32.2. The number of hydrogen-bond acceptors (Lipinski definition) is 14. The number of benzene rings is 4. The van der Waals surface area contributed by atoms with Crippen molar-refractivity contribution in [3.63, 3.8) is 0 Å². The second kappa shape index (κ2) is 12.2. The molecule has 20 heteroatoms. The summed E-state index contributed by atoms with van der Waals surface area (Å²) in [7, 11) is -14.7. The van der Waals surface area contributed by atoms with Crippen molar-refractivity contribution in [1.82, 2.24) is 0 Å². The average Bonchev–Trinajstić information content (AvgIpc) is 3.01. The van der Waals surface area contributed by atoms with Crippen LogP contribution in [-0.4, -0.2) is 44.0 Å². The molecule has 0 unspecified atom stereocenters. The molecular formula is C28H19N7O10S3. The van der Waals surface area contributed by atoms with Crippen LogP contribution in [0.5, 0.6) is 5.75 Å². The molecular weight excluding hydrogens is 691 g/mol. The van der Waals surface area contributed by atoms with Crippen LogP contribution in [0, 0.1) is 22.7 Å². The number of phenolic OH excluding ortho intramolecular Hbond substituents is 1. The molecule has 1 aliphatic carbocycles. The van der Waals surface area contributed by atoms with E-state index < -0.39 is 63.7 Å². The SMILES string of the molecule is N#Cc1ccc(N=Nc2ccc(N=Nc3c(S(=O)(=O)O)cc4cc(S(=O)(=O)O)c(N)cc4c3O)c3c2CC=C(S(=O)(=O)O)C3)cc1C#N. The first-order valence-corrected chi connectivity index (χ1v) is 17.4. The van der Waals surface area contributed by atoms with Crippen LogP contribution in [0.4, 0.5) is 28.4 Å². The summed E-state index contributed by atoms with van der Waals surface area (Å²) in [6, 6.07) is 13.1. The van der Waals surface area contributed by atoms with Gasteiger partial charge in [0, 0.05) is 11.8 Å². The van der Waals surface area contributed by atoms with Gasteiger partial charge in [-0.2, -0.15) is 51.1 Å². The first-order valence-electron chi connectivity index (χ1n) is 13.1. The maximum absolute atomic E-state index is 12.3. The molecule has 0 amide bonds. The maximum atomic E-state index is 12.3. The number of fused-ring (bicyclic) bond motifs is 2. The average molecular weight is 710 g/mol. The van der Waals surface area contributed by atoms with Gasteiger partial charge in [-0.1, -0.05) is 6.08 Å². The van der Waals surface area contributed by atoms with Crippen molar-refractivity contribution >= 4 is 69.6 Å². The monoisotopic (exact) mass is 709 g/mol. The molecule has 1 aliphatic rings. The number of allylic oxidation sites excluding steroid dienone is 2. The Bertz CT molecular complexity index is 2590.